The Morgan fingerprint density at radius 3 is 1.03 bits per heavy atom. The second-order valence-electron chi connectivity index (χ2n) is 31.7. The van der Waals surface area contributed by atoms with Gasteiger partial charge in [0.25, 0.3) is 29.2 Å². The fourth-order valence-corrected chi connectivity index (χ4v) is 19.0. The molecule has 5 fully saturated rings. The summed E-state index contributed by atoms with van der Waals surface area (Å²) in [5, 5.41) is 72.4. The van der Waals surface area contributed by atoms with Gasteiger partial charge in [0.05, 0.1) is 63.7 Å². The van der Waals surface area contributed by atoms with Crippen LogP contribution in [0.3, 0.4) is 0 Å². The molecule has 0 aromatic carbocycles. The number of alkyl halides is 2. The Kier molecular flexibility index (Phi) is 32.5. The van der Waals surface area contributed by atoms with Gasteiger partial charge >= 0.3 is 5.69 Å². The molecule has 0 spiro atoms. The van der Waals surface area contributed by atoms with Crippen molar-refractivity contribution in [2.45, 2.75) is 153 Å². The number of hydrogen-bond acceptors (Lipinski definition) is 21. The van der Waals surface area contributed by atoms with Gasteiger partial charge in [0.15, 0.2) is 12.5 Å². The van der Waals surface area contributed by atoms with Crippen LogP contribution in [-0.4, -0.2) is 313 Å². The summed E-state index contributed by atoms with van der Waals surface area (Å²) in [7, 11) is 1.35. The smallest absolute Gasteiger partial charge is 0.332 e. The number of carbonyl (C=O) groups excluding carboxylic acids is 4. The van der Waals surface area contributed by atoms with Crippen LogP contribution in [0, 0.1) is 11.8 Å². The molecule has 10 heterocycles. The van der Waals surface area contributed by atoms with Crippen molar-refractivity contribution in [1.29, 1.82) is 0 Å². The molecule has 0 unspecified atom stereocenters. The van der Waals surface area contributed by atoms with E-state index in [-0.39, 0.29) is 93.5 Å². The number of nitrogens with zero attached hydrogens (tertiary/aromatic N) is 6. The Hall–Kier alpha value is -4.05. The van der Waals surface area contributed by atoms with E-state index in [0.717, 1.165) is 65.6 Å². The van der Waals surface area contributed by atoms with E-state index in [1.54, 1.807) is 44.4 Å². The van der Waals surface area contributed by atoms with Crippen LogP contribution in [0.25, 0.3) is 0 Å². The SMILES string of the molecule is C=C1NC(=O)C=CN1[C@@H]1O[C@H](CCP(=C)(C)C)[C@@H](O)[C@H]1Br.C=C1NC(=O)C=CN1[C@@H]1O[C@H](CCP(=C)(C)C)[C@@H](O)[C@H]1C.C=C1NC(=O)C=CN1[C@@H]1O[C@H](CCP(=C)(C)C)[C@@H](O)[C@H]1C.C=C1NC(=O)C=CN1[C@@H]1O[C@H](CCP(=C)(C)C)[C@@H](O)[C@H]1I.C=P(C)(C)CC[C@H]1O[C@@H](n2ccc(=O)n(C)c2=O)[C@H](O)[C@@H]1O. The molecule has 20 atom stereocenters. The van der Waals surface area contributed by atoms with E-state index in [0.29, 0.717) is 29.7 Å². The summed E-state index contributed by atoms with van der Waals surface area (Å²) >= 11 is 5.70. The summed E-state index contributed by atoms with van der Waals surface area (Å²) in [6.07, 6.45) is 34.9. The lowest BCUT2D eigenvalue weighted by atomic mass is 10.00. The number of aromatic nitrogens is 2. The van der Waals surface area contributed by atoms with Crippen molar-refractivity contribution in [1.82, 2.24) is 50.0 Å². The molecule has 34 heteroatoms. The van der Waals surface area contributed by atoms with Crippen molar-refractivity contribution in [3.8, 4) is 0 Å². The number of hydrogen-bond donors (Lipinski definition) is 10. The zero-order chi connectivity index (χ0) is 79.8. The molecule has 0 radical (unpaired) electrons. The summed E-state index contributed by atoms with van der Waals surface area (Å²) in [6.45, 7) is 35.0. The summed E-state index contributed by atoms with van der Waals surface area (Å²) in [5.74, 6) is 0.998. The van der Waals surface area contributed by atoms with Crippen LogP contribution in [0.2, 0.25) is 0 Å². The van der Waals surface area contributed by atoms with E-state index in [2.05, 4.69) is 184 Å². The van der Waals surface area contributed by atoms with Gasteiger partial charge in [-0.25, -0.2) is 4.79 Å². The standard InChI is InChI=1S/2C15H25N2O3P.C14H22BrN2O3P.C14H22IN2O3P.C14H23N2O5P/c2*1-10-14(19)12(7-9-21(3,4)5)20-15(10)17-8-6-13(18)16-11(17)2;2*1-9-16-11(18)5-7-17(9)14-12(15)13(19)10(20-14)6-8-21(2,3)4;1-15-10(17)5-7-16(14(15)20)13-12(19)11(18)9(21-13)6-8-22(2,3)4/h2*6,8,10,12,14-15,19H,2-3,7,9H2,1,4-5H3,(H,16,18);2*5,7,10,12-14,19H,1-2,6,8H2,3-4H3,(H,16,18);5,7,9,11-13,18-19H,2,6,8H2,1,3-4H3/t2*10-,12-,14+,15-;2*10-,12-,13-,14-;9-,11-,12-,13-/m11111/s1. The second-order valence-corrected chi connectivity index (χ2v) is 55.7. The highest BCUT2D eigenvalue weighted by Gasteiger charge is 2.49. The van der Waals surface area contributed by atoms with Gasteiger partial charge in [-0.15, -0.1) is 65.9 Å². The predicted octanol–water partition coefficient (Wildman–Crippen LogP) is 4.46. The molecule has 10 N–H and O–H groups in total. The van der Waals surface area contributed by atoms with E-state index in [1.165, 1.54) is 43.6 Å². The minimum Gasteiger partial charge on any atom is -0.390 e. The van der Waals surface area contributed by atoms with E-state index in [1.807, 2.05) is 13.8 Å². The van der Waals surface area contributed by atoms with Crippen molar-refractivity contribution in [2.24, 2.45) is 18.9 Å². The van der Waals surface area contributed by atoms with E-state index in [4.69, 9.17) is 23.7 Å². The van der Waals surface area contributed by atoms with Crippen LogP contribution >= 0.6 is 73.0 Å². The van der Waals surface area contributed by atoms with Gasteiger partial charge in [-0.05, 0) is 130 Å². The molecule has 4 amide bonds. The van der Waals surface area contributed by atoms with Gasteiger partial charge in [-0.1, -0.05) is 78.7 Å². The van der Waals surface area contributed by atoms with E-state index in [9.17, 15) is 59.4 Å². The number of aliphatic hydroxyl groups excluding tert-OH is 6. The molecule has 9 aliphatic heterocycles. The monoisotopic (exact) mass is 1750 g/mol. The summed E-state index contributed by atoms with van der Waals surface area (Å²) in [6, 6.07) is 1.22. The molecule has 9 aliphatic rings. The van der Waals surface area contributed by atoms with Crippen LogP contribution in [0.4, 0.5) is 0 Å². The fourth-order valence-electron chi connectivity index (χ4n) is 12.5. The first kappa shape index (κ1) is 90.8. The third-order valence-corrected chi connectivity index (χ3v) is 28.5. The highest BCUT2D eigenvalue weighted by atomic mass is 127. The van der Waals surface area contributed by atoms with Crippen molar-refractivity contribution >= 4 is 128 Å². The molecule has 106 heavy (non-hydrogen) atoms. The maximum absolute atomic E-state index is 12.1. The van der Waals surface area contributed by atoms with Crippen LogP contribution < -0.4 is 32.5 Å². The summed E-state index contributed by atoms with van der Waals surface area (Å²) < 4.78 is 31.7. The Labute approximate surface area is 648 Å². The van der Waals surface area contributed by atoms with Gasteiger partial charge in [0.1, 0.15) is 54.2 Å². The van der Waals surface area contributed by atoms with Gasteiger partial charge in [0, 0.05) is 80.3 Å². The molecule has 0 saturated carbocycles. The van der Waals surface area contributed by atoms with Crippen molar-refractivity contribution in [3.05, 3.63) is 132 Å². The Balaban J connectivity index is 0.000000208. The van der Waals surface area contributed by atoms with Gasteiger partial charge in [-0.3, -0.25) is 33.1 Å². The first-order valence-corrected chi connectivity index (χ1v) is 52.4. The lowest BCUT2D eigenvalue weighted by Gasteiger charge is -2.33. The average Bonchev–Trinajstić information content (AvgIpc) is 1.65. The molecular weight excluding hydrogens is 1640 g/mol. The van der Waals surface area contributed by atoms with Crippen LogP contribution in [0.15, 0.2) is 121 Å². The molecule has 0 aliphatic carbocycles. The van der Waals surface area contributed by atoms with Crippen LogP contribution in [-0.2, 0) is 49.9 Å². The number of ether oxygens (including phenoxy) is 5. The lowest BCUT2D eigenvalue weighted by Crippen LogP contribution is -2.44. The van der Waals surface area contributed by atoms with Crippen molar-refractivity contribution in [3.63, 3.8) is 0 Å². The third-order valence-electron chi connectivity index (χ3n) is 18.8. The highest BCUT2D eigenvalue weighted by molar-refractivity contribution is 14.1. The van der Waals surface area contributed by atoms with E-state index < -0.39 is 94.6 Å². The minimum atomic E-state index is -1.27. The van der Waals surface area contributed by atoms with E-state index >= 15 is 0 Å². The first-order valence-electron chi connectivity index (χ1n) is 35.0. The minimum absolute atomic E-state index is 0.0577. The molecule has 1 aromatic rings. The van der Waals surface area contributed by atoms with Gasteiger partial charge in [0.2, 0.25) is 0 Å². The Morgan fingerprint density at radius 1 is 0.425 bits per heavy atom. The molecular formula is C72H117BrIN10O17P5. The molecule has 5 saturated heterocycles. The normalized spacial score (nSPS) is 32.5. The van der Waals surface area contributed by atoms with Crippen molar-refractivity contribution in [2.75, 3.05) is 97.5 Å². The number of rotatable bonds is 20. The largest absolute Gasteiger partial charge is 0.390 e. The molecule has 1 aromatic heterocycles. The Bertz CT molecular complexity index is 3530. The molecule has 0 bridgehead atoms. The molecule has 10 rings (SSSR count). The molecule has 596 valence electrons. The quantitative estimate of drug-likeness (QED) is 0.0489. The zero-order valence-corrected chi connectivity index (χ0v) is 71.8. The fraction of sp³-hybridized carbons (Fsp3) is 0.597. The highest BCUT2D eigenvalue weighted by Crippen LogP contribution is 2.45. The Morgan fingerprint density at radius 2 is 0.698 bits per heavy atom. The predicted molar refractivity (Wildman–Crippen MR) is 449 cm³/mol. The maximum atomic E-state index is 12.1. The number of carbonyl (C=O) groups is 4. The number of halogens is 2. The van der Waals surface area contributed by atoms with Gasteiger partial charge < -0.3 is 95.2 Å². The summed E-state index contributed by atoms with van der Waals surface area (Å²) in [5.41, 5.74) is -1.02. The van der Waals surface area contributed by atoms with Crippen LogP contribution in [0.5, 0.6) is 0 Å². The number of nitrogens with one attached hydrogen (secondary N) is 4. The second kappa shape index (κ2) is 38.0. The first-order chi connectivity index (χ1) is 48.9. The average molecular weight is 1760 g/mol. The van der Waals surface area contributed by atoms with Crippen molar-refractivity contribution < 1.29 is 73.5 Å². The number of amides is 4. The maximum Gasteiger partial charge on any atom is 0.332 e. The lowest BCUT2D eigenvalue weighted by molar-refractivity contribution is -0.118. The number of aliphatic hydroxyl groups is 6. The topological polar surface area (TPSA) is 341 Å². The third kappa shape index (κ3) is 25.7. The van der Waals surface area contributed by atoms with Crippen LogP contribution in [0.1, 0.15) is 52.2 Å². The molecule has 27 nitrogen and oxygen atoms in total. The van der Waals surface area contributed by atoms with Gasteiger partial charge in [-0.2, -0.15) is 0 Å². The summed E-state index contributed by atoms with van der Waals surface area (Å²) in [4.78, 5) is 75.4. The zero-order valence-electron chi connectivity index (χ0n) is 63.6.